The van der Waals surface area contributed by atoms with Gasteiger partial charge in [-0.3, -0.25) is 19.6 Å². The number of amides is 2. The minimum absolute atomic E-state index is 0.0273. The number of aromatic nitrogens is 5. The number of nitrogens with one attached hydrogen (secondary N) is 4. The van der Waals surface area contributed by atoms with Crippen molar-refractivity contribution in [2.75, 3.05) is 0 Å². The van der Waals surface area contributed by atoms with Crippen LogP contribution in [0.1, 0.15) is 80.0 Å². The first-order valence-corrected chi connectivity index (χ1v) is 16.9. The molecule has 2 saturated carbocycles. The molecule has 0 radical (unpaired) electrons. The fourth-order valence-corrected chi connectivity index (χ4v) is 8.40. The number of carbonyl (C=O) groups excluding carboxylic acids is 2. The summed E-state index contributed by atoms with van der Waals surface area (Å²) >= 11 is 6.05. The van der Waals surface area contributed by atoms with Crippen LogP contribution in [0.5, 0.6) is 0 Å². The van der Waals surface area contributed by atoms with E-state index in [0.717, 1.165) is 120 Å². The van der Waals surface area contributed by atoms with Crippen molar-refractivity contribution in [2.24, 2.45) is 0 Å². The first-order chi connectivity index (χ1) is 22.9. The topological polar surface area (TPSA) is 128 Å². The number of H-pyrrole nitrogens is 2. The van der Waals surface area contributed by atoms with E-state index >= 15 is 0 Å². The number of carbonyl (C=O) groups is 2. The number of fused-ring (bicyclic) bond motifs is 10. The number of rotatable bonds is 1. The van der Waals surface area contributed by atoms with Crippen LogP contribution in [0.25, 0.3) is 33.8 Å². The lowest BCUT2D eigenvalue weighted by atomic mass is 9.87. The average molecular weight is 642 g/mol. The molecule has 2 amide bonds. The van der Waals surface area contributed by atoms with Gasteiger partial charge in [0.15, 0.2) is 0 Å². The van der Waals surface area contributed by atoms with Crippen LogP contribution < -0.4 is 10.6 Å². The number of pyridine rings is 3. The van der Waals surface area contributed by atoms with Crippen molar-refractivity contribution in [1.29, 1.82) is 0 Å². The zero-order valence-electron chi connectivity index (χ0n) is 25.7. The van der Waals surface area contributed by atoms with E-state index in [1.54, 1.807) is 6.20 Å². The summed E-state index contributed by atoms with van der Waals surface area (Å²) in [6.07, 6.45) is 17.3. The van der Waals surface area contributed by atoms with Crippen LogP contribution >= 0.6 is 11.6 Å². The molecular formula is C37H32ClN7O2. The molecule has 0 saturated heterocycles. The maximum absolute atomic E-state index is 12.7. The van der Waals surface area contributed by atoms with Crippen LogP contribution in [0.2, 0.25) is 5.15 Å². The van der Waals surface area contributed by atoms with Gasteiger partial charge < -0.3 is 20.6 Å². The van der Waals surface area contributed by atoms with Gasteiger partial charge in [0.1, 0.15) is 5.15 Å². The quantitative estimate of drug-likeness (QED) is 0.175. The fourth-order valence-electron chi connectivity index (χ4n) is 8.24. The zero-order chi connectivity index (χ0) is 31.5. The molecule has 234 valence electrons. The van der Waals surface area contributed by atoms with E-state index in [0.29, 0.717) is 5.15 Å². The van der Waals surface area contributed by atoms with Crippen LogP contribution in [0.3, 0.4) is 0 Å². The van der Waals surface area contributed by atoms with E-state index < -0.39 is 0 Å². The van der Waals surface area contributed by atoms with Crippen molar-refractivity contribution in [3.8, 4) is 33.8 Å². The Hall–Kier alpha value is -4.76. The second-order valence-electron chi connectivity index (χ2n) is 14.1. The highest BCUT2D eigenvalue weighted by Crippen LogP contribution is 2.47. The van der Waals surface area contributed by atoms with Crippen molar-refractivity contribution in [3.63, 3.8) is 0 Å². The van der Waals surface area contributed by atoms with E-state index in [9.17, 15) is 9.59 Å². The minimum Gasteiger partial charge on any atom is -0.357 e. The van der Waals surface area contributed by atoms with E-state index in [1.807, 2.05) is 36.8 Å². The van der Waals surface area contributed by atoms with Gasteiger partial charge in [0.05, 0.1) is 28.2 Å². The predicted octanol–water partition coefficient (Wildman–Crippen LogP) is 5.70. The summed E-state index contributed by atoms with van der Waals surface area (Å²) in [6, 6.07) is 7.99. The van der Waals surface area contributed by atoms with Gasteiger partial charge in [0.25, 0.3) is 11.8 Å². The van der Waals surface area contributed by atoms with Crippen molar-refractivity contribution >= 4 is 23.4 Å². The molecule has 0 bridgehead atoms. The molecule has 6 aliphatic rings. The average Bonchev–Trinajstić information content (AvgIpc) is 3.92. The normalized spacial score (nSPS) is 19.5. The molecule has 0 atom stereocenters. The van der Waals surface area contributed by atoms with E-state index in [4.69, 9.17) is 11.6 Å². The highest BCUT2D eigenvalue weighted by molar-refractivity contribution is 6.29. The number of hydrogen-bond acceptors (Lipinski definition) is 5. The number of nitrogens with zero attached hydrogens (tertiary/aromatic N) is 3. The molecule has 47 heavy (non-hydrogen) atoms. The molecule has 4 aliphatic carbocycles. The third-order valence-electron chi connectivity index (χ3n) is 11.0. The van der Waals surface area contributed by atoms with Crippen LogP contribution in [0.15, 0.2) is 49.1 Å². The largest absolute Gasteiger partial charge is 0.357 e. The van der Waals surface area contributed by atoms with Gasteiger partial charge in [-0.15, -0.1) is 0 Å². The number of aryl methyl sites for hydroxylation is 2. The lowest BCUT2D eigenvalue weighted by molar-refractivity contribution is 0.0908. The van der Waals surface area contributed by atoms with Gasteiger partial charge in [-0.25, -0.2) is 4.98 Å². The highest BCUT2D eigenvalue weighted by atomic mass is 35.5. The highest BCUT2D eigenvalue weighted by Gasteiger charge is 2.50. The third kappa shape index (κ3) is 4.32. The molecule has 5 aromatic rings. The first kappa shape index (κ1) is 27.4. The van der Waals surface area contributed by atoms with Gasteiger partial charge in [0.2, 0.25) is 0 Å². The molecule has 4 N–H and O–H groups in total. The smallest absolute Gasteiger partial charge is 0.253 e. The zero-order valence-corrected chi connectivity index (χ0v) is 26.5. The SMILES string of the molecule is O=C1NC2(CC2)Cc2[nH]c3c(c21)CCc1cnc(-c2cccnc2)cc1-3.O=C1NC2(CC2)Cc2[nH]c3c(c21)CCc1cnc(Cl)cc1-3. The van der Waals surface area contributed by atoms with Gasteiger partial charge in [-0.2, -0.15) is 0 Å². The van der Waals surface area contributed by atoms with Crippen LogP contribution in [0, 0.1) is 0 Å². The summed E-state index contributed by atoms with van der Waals surface area (Å²) in [6.45, 7) is 0. The molecule has 5 aromatic heterocycles. The Bertz CT molecular complexity index is 2170. The van der Waals surface area contributed by atoms with Gasteiger partial charge in [0, 0.05) is 76.8 Å². The maximum atomic E-state index is 12.7. The number of halogens is 1. The first-order valence-electron chi connectivity index (χ1n) is 16.5. The van der Waals surface area contributed by atoms with E-state index in [-0.39, 0.29) is 22.9 Å². The molecule has 11 rings (SSSR count). The Morgan fingerprint density at radius 1 is 0.702 bits per heavy atom. The second-order valence-corrected chi connectivity index (χ2v) is 14.5. The van der Waals surface area contributed by atoms with Crippen LogP contribution in [-0.4, -0.2) is 47.8 Å². The molecule has 2 spiro atoms. The van der Waals surface area contributed by atoms with Crippen LogP contribution in [-0.2, 0) is 38.5 Å². The third-order valence-corrected chi connectivity index (χ3v) is 11.2. The summed E-state index contributed by atoms with van der Waals surface area (Å²) in [4.78, 5) is 45.3. The van der Waals surface area contributed by atoms with Crippen molar-refractivity contribution < 1.29 is 9.59 Å². The molecule has 10 heteroatoms. The molecule has 0 unspecified atom stereocenters. The Morgan fingerprint density at radius 2 is 1.28 bits per heavy atom. The van der Waals surface area contributed by atoms with Crippen molar-refractivity contribution in [1.82, 2.24) is 35.6 Å². The monoisotopic (exact) mass is 641 g/mol. The van der Waals surface area contributed by atoms with Gasteiger partial charge >= 0.3 is 0 Å². The molecule has 9 nitrogen and oxygen atoms in total. The Balaban J connectivity index is 0.000000124. The maximum Gasteiger partial charge on any atom is 0.253 e. The number of aromatic amines is 2. The van der Waals surface area contributed by atoms with E-state index in [1.165, 1.54) is 22.3 Å². The van der Waals surface area contributed by atoms with E-state index in [2.05, 4.69) is 41.6 Å². The van der Waals surface area contributed by atoms with Crippen molar-refractivity contribution in [2.45, 2.75) is 75.3 Å². The standard InChI is InChI=1S/C21H18N4O.C16H14ClN3O/c26-20-18-14-4-3-12-11-23-16(13-2-1-7-22-10-13)8-15(12)19(14)24-17(18)9-21(25-20)5-6-21;17-12-5-10-8(7-18-12)1-2-9-13-11(19-14(9)10)6-16(3-4-16)20-15(13)21/h1-2,7-8,10-11,24H,3-6,9H2,(H,25,26);5,7,19H,1-4,6H2,(H,20,21). The Kier molecular flexibility index (Phi) is 5.61. The Morgan fingerprint density at radius 3 is 1.83 bits per heavy atom. The summed E-state index contributed by atoms with van der Waals surface area (Å²) in [7, 11) is 0. The molecule has 7 heterocycles. The predicted molar refractivity (Wildman–Crippen MR) is 177 cm³/mol. The second kappa shape index (κ2) is 9.64. The van der Waals surface area contributed by atoms with Crippen molar-refractivity contribution in [3.05, 3.63) is 99.0 Å². The summed E-state index contributed by atoms with van der Waals surface area (Å²) in [5.41, 5.74) is 15.2. The molecule has 2 aliphatic heterocycles. The minimum atomic E-state index is 0.0273. The Labute approximate surface area is 276 Å². The molecular weight excluding hydrogens is 610 g/mol. The molecule has 0 aromatic carbocycles. The fraction of sp³-hybridized carbons (Fsp3) is 0.324. The van der Waals surface area contributed by atoms with Gasteiger partial charge in [-0.1, -0.05) is 11.6 Å². The van der Waals surface area contributed by atoms with Crippen LogP contribution in [0.4, 0.5) is 0 Å². The molecule has 2 fully saturated rings. The lowest BCUT2D eigenvalue weighted by Crippen LogP contribution is -2.43. The van der Waals surface area contributed by atoms with Gasteiger partial charge in [-0.05, 0) is 97.9 Å². The summed E-state index contributed by atoms with van der Waals surface area (Å²) < 4.78 is 0. The summed E-state index contributed by atoms with van der Waals surface area (Å²) in [5, 5.41) is 6.94. The summed E-state index contributed by atoms with van der Waals surface area (Å²) in [5.74, 6) is 0.195. The lowest BCUT2D eigenvalue weighted by Gasteiger charge is -2.24. The number of hydrogen-bond donors (Lipinski definition) is 4.